The molecule has 0 heterocycles. The molecule has 0 aromatic carbocycles. The summed E-state index contributed by atoms with van der Waals surface area (Å²) in [7, 11) is -3.00. The third-order valence-electron chi connectivity index (χ3n) is 9.82. The second-order valence-electron chi connectivity index (χ2n) is 12.0. The van der Waals surface area contributed by atoms with Gasteiger partial charge >= 0.3 is 15.2 Å². The lowest BCUT2D eigenvalue weighted by Crippen LogP contribution is -2.40. The molecule has 3 fully saturated rings. The molecule has 2 unspecified atom stereocenters. The number of ether oxygens (including phenoxy) is 2. The minimum absolute atomic E-state index is 0.104. The average molecular weight is 609 g/mol. The van der Waals surface area contributed by atoms with Crippen LogP contribution in [0.3, 0.4) is 0 Å². The fourth-order valence-electron chi connectivity index (χ4n) is 8.10. The lowest BCUT2D eigenvalue weighted by Gasteiger charge is -2.46. The SMILES string of the molecule is CCOP(=O)(OCC)C(C1CCC(OC)CC1)C1CCC(C(C2CCC(OC)CC2)P(=O)(OCC)OCC)CC1. The predicted octanol–water partition coefficient (Wildman–Crippen LogP) is 8.47. The topological polar surface area (TPSA) is 89.5 Å². The third-order valence-corrected chi connectivity index (χ3v) is 15.4. The van der Waals surface area contributed by atoms with E-state index in [1.54, 1.807) is 14.2 Å². The van der Waals surface area contributed by atoms with Gasteiger partial charge in [0, 0.05) is 14.2 Å². The lowest BCUT2D eigenvalue weighted by molar-refractivity contribution is 0.0433. The van der Waals surface area contributed by atoms with E-state index >= 15 is 0 Å². The van der Waals surface area contributed by atoms with Crippen LogP contribution in [0.4, 0.5) is 0 Å². The molecule has 10 heteroatoms. The number of methoxy groups -OCH3 is 2. The van der Waals surface area contributed by atoms with Crippen molar-refractivity contribution in [2.24, 2.45) is 23.7 Å². The van der Waals surface area contributed by atoms with E-state index in [-0.39, 0.29) is 35.4 Å². The van der Waals surface area contributed by atoms with Gasteiger partial charge in [0.25, 0.3) is 0 Å². The maximum absolute atomic E-state index is 14.3. The Morgan fingerprint density at radius 2 is 0.700 bits per heavy atom. The van der Waals surface area contributed by atoms with Crippen LogP contribution in [0.15, 0.2) is 0 Å². The van der Waals surface area contributed by atoms with Gasteiger partial charge in [-0.15, -0.1) is 0 Å². The largest absolute Gasteiger partial charge is 0.381 e. The van der Waals surface area contributed by atoms with Crippen molar-refractivity contribution in [1.82, 2.24) is 0 Å². The average Bonchev–Trinajstić information content (AvgIpc) is 2.95. The van der Waals surface area contributed by atoms with Crippen LogP contribution in [-0.4, -0.2) is 64.2 Å². The Labute approximate surface area is 244 Å². The van der Waals surface area contributed by atoms with Crippen molar-refractivity contribution in [3.63, 3.8) is 0 Å². The Hall–Kier alpha value is 0.220. The van der Waals surface area contributed by atoms with Gasteiger partial charge in [-0.2, -0.15) is 0 Å². The fourth-order valence-corrected chi connectivity index (χ4v) is 13.6. The molecule has 40 heavy (non-hydrogen) atoms. The van der Waals surface area contributed by atoms with Crippen LogP contribution in [0, 0.1) is 23.7 Å². The molecule has 0 N–H and O–H groups in total. The van der Waals surface area contributed by atoms with Crippen molar-refractivity contribution in [3.8, 4) is 0 Å². The monoisotopic (exact) mass is 608 g/mol. The van der Waals surface area contributed by atoms with E-state index < -0.39 is 15.2 Å². The van der Waals surface area contributed by atoms with Crippen molar-refractivity contribution in [2.45, 2.75) is 128 Å². The molecule has 0 amide bonds. The van der Waals surface area contributed by atoms with Gasteiger partial charge in [0.05, 0.1) is 50.0 Å². The zero-order valence-electron chi connectivity index (χ0n) is 26.1. The van der Waals surface area contributed by atoms with Crippen LogP contribution in [0.1, 0.15) is 105 Å². The fraction of sp³-hybridized carbons (Fsp3) is 1.00. The first-order valence-electron chi connectivity index (χ1n) is 16.1. The summed E-state index contributed by atoms with van der Waals surface area (Å²) < 4.78 is 64.0. The molecule has 0 radical (unpaired) electrons. The molecule has 3 rings (SSSR count). The van der Waals surface area contributed by atoms with Gasteiger partial charge in [-0.25, -0.2) is 0 Å². The van der Waals surface area contributed by atoms with E-state index in [2.05, 4.69) is 0 Å². The molecule has 0 aliphatic heterocycles. The Kier molecular flexibility index (Phi) is 14.7. The zero-order chi connectivity index (χ0) is 29.2. The van der Waals surface area contributed by atoms with E-state index in [0.29, 0.717) is 38.3 Å². The Morgan fingerprint density at radius 1 is 0.475 bits per heavy atom. The van der Waals surface area contributed by atoms with Gasteiger partial charge in [-0.05, 0) is 128 Å². The summed E-state index contributed by atoms with van der Waals surface area (Å²) in [6.45, 7) is 9.16. The van der Waals surface area contributed by atoms with Gasteiger partial charge in [0.2, 0.25) is 0 Å². The molecule has 0 saturated heterocycles. The zero-order valence-corrected chi connectivity index (χ0v) is 27.9. The van der Waals surface area contributed by atoms with Crippen LogP contribution in [0.25, 0.3) is 0 Å². The smallest absolute Gasteiger partial charge is 0.334 e. The summed E-state index contributed by atoms with van der Waals surface area (Å²) in [4.78, 5) is 0. The highest BCUT2D eigenvalue weighted by molar-refractivity contribution is 7.55. The van der Waals surface area contributed by atoms with Crippen molar-refractivity contribution in [3.05, 3.63) is 0 Å². The maximum atomic E-state index is 14.3. The summed E-state index contributed by atoms with van der Waals surface area (Å²) >= 11 is 0. The van der Waals surface area contributed by atoms with Crippen LogP contribution in [0.2, 0.25) is 0 Å². The van der Waals surface area contributed by atoms with Gasteiger partial charge in [-0.1, -0.05) is 0 Å². The molecule has 0 bridgehead atoms. The molecular formula is C30H58O8P2. The van der Waals surface area contributed by atoms with Crippen molar-refractivity contribution < 1.29 is 36.7 Å². The number of hydrogen-bond donors (Lipinski definition) is 0. The molecule has 3 saturated carbocycles. The standard InChI is InChI=1S/C30H58O8P2/c1-7-35-39(31,36-8-2)29(25-15-19-27(33-5)20-16-25)23-11-13-24(14-12-23)30(40(32,37-9-3)38-10-4)26-17-21-28(34-6)22-18-26/h23-30H,7-22H2,1-6H3. The van der Waals surface area contributed by atoms with E-state index in [0.717, 1.165) is 77.0 Å². The van der Waals surface area contributed by atoms with Crippen LogP contribution < -0.4 is 0 Å². The first kappa shape index (κ1) is 34.7. The molecule has 2 atom stereocenters. The van der Waals surface area contributed by atoms with Crippen LogP contribution in [-0.2, 0) is 36.7 Å². The van der Waals surface area contributed by atoms with E-state index in [1.807, 2.05) is 27.7 Å². The first-order valence-corrected chi connectivity index (χ1v) is 19.3. The molecule has 236 valence electrons. The Morgan fingerprint density at radius 3 is 0.900 bits per heavy atom. The Balaban J connectivity index is 1.83. The summed E-state index contributed by atoms with van der Waals surface area (Å²) in [6, 6.07) is 0. The first-order chi connectivity index (χ1) is 19.3. The highest BCUT2D eigenvalue weighted by Gasteiger charge is 2.51. The summed E-state index contributed by atoms with van der Waals surface area (Å²) in [5.74, 6) is 1.12. The Bertz CT molecular complexity index is 716. The number of rotatable bonds is 16. The second kappa shape index (κ2) is 16.9. The highest BCUT2D eigenvalue weighted by atomic mass is 31.2. The van der Waals surface area contributed by atoms with Crippen molar-refractivity contribution in [1.29, 1.82) is 0 Å². The molecule has 0 aromatic rings. The third kappa shape index (κ3) is 8.65. The van der Waals surface area contributed by atoms with E-state index in [4.69, 9.17) is 27.6 Å². The number of hydrogen-bond acceptors (Lipinski definition) is 8. The lowest BCUT2D eigenvalue weighted by atomic mass is 9.71. The predicted molar refractivity (Wildman–Crippen MR) is 160 cm³/mol. The van der Waals surface area contributed by atoms with Crippen molar-refractivity contribution >= 4 is 15.2 Å². The molecule has 3 aliphatic rings. The molecule has 0 spiro atoms. The van der Waals surface area contributed by atoms with Crippen LogP contribution >= 0.6 is 15.2 Å². The van der Waals surface area contributed by atoms with Crippen LogP contribution in [0.5, 0.6) is 0 Å². The molecule has 8 nitrogen and oxygen atoms in total. The summed E-state index contributed by atoms with van der Waals surface area (Å²) in [5, 5.41) is 0. The summed E-state index contributed by atoms with van der Waals surface area (Å²) in [6.07, 6.45) is 12.2. The summed E-state index contributed by atoms with van der Waals surface area (Å²) in [5.41, 5.74) is -0.209. The minimum atomic E-state index is -3.29. The van der Waals surface area contributed by atoms with Gasteiger partial charge in [-0.3, -0.25) is 9.13 Å². The minimum Gasteiger partial charge on any atom is -0.381 e. The quantitative estimate of drug-likeness (QED) is 0.161. The normalized spacial score (nSPS) is 32.0. The second-order valence-corrected chi connectivity index (χ2v) is 16.3. The highest BCUT2D eigenvalue weighted by Crippen LogP contribution is 2.65. The van der Waals surface area contributed by atoms with Gasteiger partial charge < -0.3 is 27.6 Å². The maximum Gasteiger partial charge on any atom is 0.334 e. The van der Waals surface area contributed by atoms with Gasteiger partial charge in [0.1, 0.15) is 0 Å². The van der Waals surface area contributed by atoms with Gasteiger partial charge in [0.15, 0.2) is 0 Å². The molecule has 3 aliphatic carbocycles. The van der Waals surface area contributed by atoms with E-state index in [1.165, 1.54) is 0 Å². The molecule has 0 aromatic heterocycles. The molecular weight excluding hydrogens is 550 g/mol. The van der Waals surface area contributed by atoms with Crippen molar-refractivity contribution in [2.75, 3.05) is 40.6 Å². The van der Waals surface area contributed by atoms with E-state index in [9.17, 15) is 9.13 Å².